The second-order valence-corrected chi connectivity index (χ2v) is 9.47. The SMILES string of the molecule is C[C@@H]1CCCN(S(=O)(=O)c2ccc(N[C@@H](C)[C@H]3CCCO3)c([N+](=O)[O-])c2)C1. The first kappa shape index (κ1) is 20.0. The van der Waals surface area contributed by atoms with Crippen molar-refractivity contribution in [1.82, 2.24) is 4.31 Å². The van der Waals surface area contributed by atoms with Crippen molar-refractivity contribution in [2.75, 3.05) is 25.0 Å². The predicted octanol–water partition coefficient (Wildman–Crippen LogP) is 2.99. The molecule has 27 heavy (non-hydrogen) atoms. The molecule has 0 unspecified atom stereocenters. The number of ether oxygens (including phenoxy) is 1. The lowest BCUT2D eigenvalue weighted by atomic mass is 10.0. The minimum Gasteiger partial charge on any atom is -0.376 e. The fraction of sp³-hybridized carbons (Fsp3) is 0.667. The van der Waals surface area contributed by atoms with Crippen molar-refractivity contribution in [3.05, 3.63) is 28.3 Å². The average molecular weight is 397 g/mol. The first-order valence-electron chi connectivity index (χ1n) is 9.46. The summed E-state index contributed by atoms with van der Waals surface area (Å²) in [5, 5.41) is 14.7. The number of rotatable bonds is 6. The maximum absolute atomic E-state index is 12.9. The molecule has 1 aromatic carbocycles. The zero-order valence-electron chi connectivity index (χ0n) is 15.8. The van der Waals surface area contributed by atoms with Crippen molar-refractivity contribution in [2.24, 2.45) is 5.92 Å². The van der Waals surface area contributed by atoms with E-state index in [4.69, 9.17) is 4.74 Å². The number of hydrogen-bond acceptors (Lipinski definition) is 6. The van der Waals surface area contributed by atoms with Crippen LogP contribution in [0, 0.1) is 16.0 Å². The fourth-order valence-electron chi connectivity index (χ4n) is 3.79. The van der Waals surface area contributed by atoms with E-state index in [1.807, 2.05) is 13.8 Å². The highest BCUT2D eigenvalue weighted by atomic mass is 32.2. The summed E-state index contributed by atoms with van der Waals surface area (Å²) in [6.45, 7) is 5.54. The maximum Gasteiger partial charge on any atom is 0.293 e. The van der Waals surface area contributed by atoms with Crippen molar-refractivity contribution in [2.45, 2.75) is 56.6 Å². The van der Waals surface area contributed by atoms with Crippen LogP contribution in [0.3, 0.4) is 0 Å². The number of hydrogen-bond donors (Lipinski definition) is 1. The summed E-state index contributed by atoms with van der Waals surface area (Å²) >= 11 is 0. The van der Waals surface area contributed by atoms with Crippen LogP contribution < -0.4 is 5.32 Å². The van der Waals surface area contributed by atoms with E-state index >= 15 is 0 Å². The minimum absolute atomic E-state index is 0.00264. The van der Waals surface area contributed by atoms with Gasteiger partial charge in [0, 0.05) is 31.8 Å². The Morgan fingerprint density at radius 2 is 2.11 bits per heavy atom. The van der Waals surface area contributed by atoms with E-state index in [9.17, 15) is 18.5 Å². The van der Waals surface area contributed by atoms with E-state index in [-0.39, 0.29) is 28.6 Å². The molecule has 1 aromatic rings. The van der Waals surface area contributed by atoms with Crippen LogP contribution in [0.15, 0.2) is 23.1 Å². The second-order valence-electron chi connectivity index (χ2n) is 7.53. The molecule has 0 spiro atoms. The molecule has 9 heteroatoms. The summed E-state index contributed by atoms with van der Waals surface area (Å²) in [6.07, 6.45) is 3.69. The van der Waals surface area contributed by atoms with Gasteiger partial charge in [-0.25, -0.2) is 8.42 Å². The third-order valence-electron chi connectivity index (χ3n) is 5.33. The summed E-state index contributed by atoms with van der Waals surface area (Å²) in [5.74, 6) is 0.289. The molecule has 0 aromatic heterocycles. The van der Waals surface area contributed by atoms with Crippen molar-refractivity contribution < 1.29 is 18.1 Å². The Balaban J connectivity index is 1.85. The van der Waals surface area contributed by atoms with Gasteiger partial charge in [0.1, 0.15) is 5.69 Å². The van der Waals surface area contributed by atoms with Gasteiger partial charge in [0.15, 0.2) is 0 Å². The van der Waals surface area contributed by atoms with Gasteiger partial charge in [0.25, 0.3) is 5.69 Å². The van der Waals surface area contributed by atoms with Gasteiger partial charge in [-0.05, 0) is 50.7 Å². The monoisotopic (exact) mass is 397 g/mol. The van der Waals surface area contributed by atoms with Crippen LogP contribution in [0.5, 0.6) is 0 Å². The van der Waals surface area contributed by atoms with Gasteiger partial charge in [0.2, 0.25) is 10.0 Å². The molecule has 2 aliphatic rings. The number of piperidine rings is 1. The van der Waals surface area contributed by atoms with Crippen LogP contribution in [-0.2, 0) is 14.8 Å². The van der Waals surface area contributed by atoms with Crippen LogP contribution in [-0.4, -0.2) is 49.5 Å². The lowest BCUT2D eigenvalue weighted by Crippen LogP contribution is -2.39. The van der Waals surface area contributed by atoms with E-state index in [0.717, 1.165) is 25.7 Å². The quantitative estimate of drug-likeness (QED) is 0.585. The average Bonchev–Trinajstić information content (AvgIpc) is 3.16. The maximum atomic E-state index is 12.9. The predicted molar refractivity (Wildman–Crippen MR) is 102 cm³/mol. The first-order chi connectivity index (χ1) is 12.8. The highest BCUT2D eigenvalue weighted by Crippen LogP contribution is 2.32. The van der Waals surface area contributed by atoms with Crippen LogP contribution in [0.2, 0.25) is 0 Å². The lowest BCUT2D eigenvalue weighted by Gasteiger charge is -2.30. The van der Waals surface area contributed by atoms with Crippen molar-refractivity contribution in [3.8, 4) is 0 Å². The number of anilines is 1. The van der Waals surface area contributed by atoms with Gasteiger partial charge < -0.3 is 10.1 Å². The van der Waals surface area contributed by atoms with Crippen LogP contribution >= 0.6 is 0 Å². The van der Waals surface area contributed by atoms with Crippen molar-refractivity contribution in [3.63, 3.8) is 0 Å². The summed E-state index contributed by atoms with van der Waals surface area (Å²) in [7, 11) is -3.74. The molecule has 2 saturated heterocycles. The number of sulfonamides is 1. The normalized spacial score (nSPS) is 25.3. The summed E-state index contributed by atoms with van der Waals surface area (Å²) < 4.78 is 32.9. The molecule has 2 aliphatic heterocycles. The molecule has 2 fully saturated rings. The molecule has 3 atom stereocenters. The van der Waals surface area contributed by atoms with E-state index < -0.39 is 14.9 Å². The first-order valence-corrected chi connectivity index (χ1v) is 10.9. The zero-order chi connectivity index (χ0) is 19.6. The molecule has 2 heterocycles. The Hall–Kier alpha value is -1.71. The van der Waals surface area contributed by atoms with E-state index in [1.54, 1.807) is 0 Å². The second kappa shape index (κ2) is 8.12. The Morgan fingerprint density at radius 1 is 1.33 bits per heavy atom. The van der Waals surface area contributed by atoms with Gasteiger partial charge in [0.05, 0.1) is 15.9 Å². The largest absolute Gasteiger partial charge is 0.376 e. The number of nitrogens with zero attached hydrogens (tertiary/aromatic N) is 2. The molecular weight excluding hydrogens is 370 g/mol. The summed E-state index contributed by atoms with van der Waals surface area (Å²) in [4.78, 5) is 11.0. The third kappa shape index (κ3) is 4.41. The number of nitro groups is 1. The zero-order valence-corrected chi connectivity index (χ0v) is 16.6. The molecule has 150 valence electrons. The number of nitrogens with one attached hydrogen (secondary N) is 1. The molecule has 0 saturated carbocycles. The van der Waals surface area contributed by atoms with Crippen LogP contribution in [0.4, 0.5) is 11.4 Å². The molecule has 0 radical (unpaired) electrons. The van der Waals surface area contributed by atoms with Crippen LogP contribution in [0.25, 0.3) is 0 Å². The van der Waals surface area contributed by atoms with E-state index in [1.165, 1.54) is 22.5 Å². The summed E-state index contributed by atoms with van der Waals surface area (Å²) in [6, 6.07) is 4.01. The molecular formula is C18H27N3O5S. The van der Waals surface area contributed by atoms with Crippen LogP contribution in [0.1, 0.15) is 39.5 Å². The molecule has 8 nitrogen and oxygen atoms in total. The minimum atomic E-state index is -3.74. The van der Waals surface area contributed by atoms with Gasteiger partial charge in [-0.2, -0.15) is 4.31 Å². The molecule has 0 aliphatic carbocycles. The Labute approximate surface area is 160 Å². The number of benzene rings is 1. The molecule has 3 rings (SSSR count). The molecule has 0 bridgehead atoms. The summed E-state index contributed by atoms with van der Waals surface area (Å²) in [5.41, 5.74) is 0.0833. The number of nitro benzene ring substituents is 1. The smallest absolute Gasteiger partial charge is 0.293 e. The third-order valence-corrected chi connectivity index (χ3v) is 7.19. The molecule has 0 amide bonds. The lowest BCUT2D eigenvalue weighted by molar-refractivity contribution is -0.384. The fourth-order valence-corrected chi connectivity index (χ4v) is 5.41. The van der Waals surface area contributed by atoms with E-state index in [0.29, 0.717) is 25.4 Å². The Morgan fingerprint density at radius 3 is 2.74 bits per heavy atom. The Bertz CT molecular complexity index is 792. The highest BCUT2D eigenvalue weighted by Gasteiger charge is 2.31. The highest BCUT2D eigenvalue weighted by molar-refractivity contribution is 7.89. The molecule has 1 N–H and O–H groups in total. The van der Waals surface area contributed by atoms with Crippen molar-refractivity contribution >= 4 is 21.4 Å². The van der Waals surface area contributed by atoms with Crippen molar-refractivity contribution in [1.29, 1.82) is 0 Å². The van der Waals surface area contributed by atoms with Gasteiger partial charge in [-0.15, -0.1) is 0 Å². The standard InChI is InChI=1S/C18H27N3O5S/c1-13-5-3-9-20(12-13)27(24,25)15-7-8-16(17(11-15)21(22)23)19-14(2)18-6-4-10-26-18/h7-8,11,13-14,18-19H,3-6,9-10,12H2,1-2H3/t13-,14+,18-/m1/s1. The van der Waals surface area contributed by atoms with E-state index in [2.05, 4.69) is 5.32 Å². The Kier molecular flexibility index (Phi) is 6.02. The van der Waals surface area contributed by atoms with Gasteiger partial charge in [-0.3, -0.25) is 10.1 Å². The van der Waals surface area contributed by atoms with Gasteiger partial charge in [-0.1, -0.05) is 6.92 Å². The topological polar surface area (TPSA) is 102 Å². The van der Waals surface area contributed by atoms with Gasteiger partial charge >= 0.3 is 0 Å².